The Morgan fingerprint density at radius 1 is 1.00 bits per heavy atom. The Labute approximate surface area is 185 Å². The van der Waals surface area contributed by atoms with Crippen molar-refractivity contribution in [2.45, 2.75) is 26.2 Å². The number of nitrogens with zero attached hydrogens (tertiary/aromatic N) is 2. The predicted molar refractivity (Wildman–Crippen MR) is 127 cm³/mol. The van der Waals surface area contributed by atoms with Gasteiger partial charge in [0.1, 0.15) is 15.8 Å². The summed E-state index contributed by atoms with van der Waals surface area (Å²) in [6.07, 6.45) is 3.41. The van der Waals surface area contributed by atoms with Crippen LogP contribution in [0.4, 0.5) is 14.5 Å². The van der Waals surface area contributed by atoms with Gasteiger partial charge in [-0.1, -0.05) is 30.4 Å². The standard InChI is InChI=1S/C23H18FN3S3/c1-12-6-8-14-18(10-12)29-22(20(14)21-25-15-4-2-3-5-17(15)28-21)27-23-26-16-9-7-13(24)11-19(16)30-23/h2-5,7,9,11-12H,6,8,10H2,1H3,(H,26,27)/t12-/m1/s1. The van der Waals surface area contributed by atoms with Gasteiger partial charge in [-0.15, -0.1) is 22.7 Å². The van der Waals surface area contributed by atoms with Gasteiger partial charge in [0.15, 0.2) is 5.13 Å². The third kappa shape index (κ3) is 3.12. The second-order valence-electron chi connectivity index (χ2n) is 7.80. The van der Waals surface area contributed by atoms with Crippen LogP contribution in [-0.2, 0) is 12.8 Å². The molecule has 3 heterocycles. The van der Waals surface area contributed by atoms with E-state index in [9.17, 15) is 4.39 Å². The van der Waals surface area contributed by atoms with E-state index < -0.39 is 0 Å². The van der Waals surface area contributed by atoms with Crippen molar-refractivity contribution in [2.75, 3.05) is 5.32 Å². The summed E-state index contributed by atoms with van der Waals surface area (Å²) in [6, 6.07) is 13.1. The van der Waals surface area contributed by atoms with Crippen molar-refractivity contribution in [3.8, 4) is 10.6 Å². The van der Waals surface area contributed by atoms with Crippen molar-refractivity contribution in [2.24, 2.45) is 5.92 Å². The van der Waals surface area contributed by atoms with Gasteiger partial charge in [0, 0.05) is 10.4 Å². The van der Waals surface area contributed by atoms with E-state index in [0.717, 1.165) is 43.7 Å². The minimum absolute atomic E-state index is 0.228. The lowest BCUT2D eigenvalue weighted by atomic mass is 9.88. The van der Waals surface area contributed by atoms with Crippen LogP contribution in [0, 0.1) is 11.7 Å². The third-order valence-corrected chi connectivity index (χ3v) is 8.75. The smallest absolute Gasteiger partial charge is 0.188 e. The summed E-state index contributed by atoms with van der Waals surface area (Å²) in [6.45, 7) is 2.33. The fraction of sp³-hybridized carbons (Fsp3) is 0.217. The Balaban J connectivity index is 1.48. The Kier molecular flexibility index (Phi) is 4.37. The van der Waals surface area contributed by atoms with Gasteiger partial charge in [-0.05, 0) is 61.1 Å². The molecule has 1 atom stereocenters. The maximum Gasteiger partial charge on any atom is 0.188 e. The molecule has 0 fully saturated rings. The third-order valence-electron chi connectivity index (χ3n) is 5.59. The maximum absolute atomic E-state index is 13.6. The van der Waals surface area contributed by atoms with E-state index in [0.29, 0.717) is 5.92 Å². The molecular weight excluding hydrogens is 433 g/mol. The van der Waals surface area contributed by atoms with Gasteiger partial charge in [-0.3, -0.25) is 0 Å². The van der Waals surface area contributed by atoms with Gasteiger partial charge in [-0.25, -0.2) is 14.4 Å². The predicted octanol–water partition coefficient (Wildman–Crippen LogP) is 7.64. The van der Waals surface area contributed by atoms with Crippen molar-refractivity contribution in [3.63, 3.8) is 0 Å². The second kappa shape index (κ2) is 7.11. The second-order valence-corrected chi connectivity index (χ2v) is 11.0. The molecule has 1 N–H and O–H groups in total. The minimum Gasteiger partial charge on any atom is -0.323 e. The number of hydrogen-bond donors (Lipinski definition) is 1. The van der Waals surface area contributed by atoms with E-state index in [1.165, 1.54) is 44.5 Å². The topological polar surface area (TPSA) is 37.8 Å². The number of rotatable bonds is 3. The summed E-state index contributed by atoms with van der Waals surface area (Å²) in [5.41, 5.74) is 4.53. The number of thiophene rings is 1. The highest BCUT2D eigenvalue weighted by atomic mass is 32.1. The number of hydrogen-bond acceptors (Lipinski definition) is 6. The number of aromatic nitrogens is 2. The van der Waals surface area contributed by atoms with Crippen molar-refractivity contribution < 1.29 is 4.39 Å². The maximum atomic E-state index is 13.6. The number of nitrogens with one attached hydrogen (secondary N) is 1. The highest BCUT2D eigenvalue weighted by Crippen LogP contribution is 2.48. The van der Waals surface area contributed by atoms with E-state index in [1.807, 2.05) is 17.4 Å². The Hall–Kier alpha value is -2.35. The van der Waals surface area contributed by atoms with E-state index in [4.69, 9.17) is 4.98 Å². The number of fused-ring (bicyclic) bond motifs is 3. The van der Waals surface area contributed by atoms with Crippen molar-refractivity contribution in [1.29, 1.82) is 0 Å². The number of benzene rings is 2. The van der Waals surface area contributed by atoms with E-state index in [1.54, 1.807) is 23.5 Å². The van der Waals surface area contributed by atoms with Gasteiger partial charge >= 0.3 is 0 Å². The van der Waals surface area contributed by atoms with E-state index in [2.05, 4.69) is 35.4 Å². The van der Waals surface area contributed by atoms with Gasteiger partial charge in [0.2, 0.25) is 0 Å². The van der Waals surface area contributed by atoms with Crippen LogP contribution in [0.15, 0.2) is 42.5 Å². The summed E-state index contributed by atoms with van der Waals surface area (Å²) in [4.78, 5) is 11.1. The molecule has 30 heavy (non-hydrogen) atoms. The summed E-state index contributed by atoms with van der Waals surface area (Å²) in [7, 11) is 0. The molecule has 0 bridgehead atoms. The zero-order valence-electron chi connectivity index (χ0n) is 16.2. The first-order valence-electron chi connectivity index (χ1n) is 9.97. The van der Waals surface area contributed by atoms with Crippen LogP contribution in [0.5, 0.6) is 0 Å². The first kappa shape index (κ1) is 18.4. The Bertz CT molecular complexity index is 1360. The fourth-order valence-electron chi connectivity index (χ4n) is 4.09. The SMILES string of the molecule is C[C@@H]1CCc2c(sc(Nc3nc4ccc(F)cc4s3)c2-c2nc3ccccc3s2)C1. The highest BCUT2D eigenvalue weighted by Gasteiger charge is 2.27. The molecule has 0 unspecified atom stereocenters. The van der Waals surface area contributed by atoms with Crippen LogP contribution in [0.3, 0.4) is 0 Å². The van der Waals surface area contributed by atoms with Gasteiger partial charge in [-0.2, -0.15) is 0 Å². The lowest BCUT2D eigenvalue weighted by Crippen LogP contribution is -2.09. The van der Waals surface area contributed by atoms with Crippen LogP contribution in [0.25, 0.3) is 31.0 Å². The zero-order chi connectivity index (χ0) is 20.2. The molecule has 2 aromatic carbocycles. The van der Waals surface area contributed by atoms with E-state index in [-0.39, 0.29) is 5.82 Å². The molecule has 0 saturated heterocycles. The van der Waals surface area contributed by atoms with Gasteiger partial charge < -0.3 is 5.32 Å². The molecule has 0 radical (unpaired) electrons. The molecule has 0 spiro atoms. The van der Waals surface area contributed by atoms with Crippen molar-refractivity contribution >= 4 is 64.6 Å². The molecule has 7 heteroatoms. The van der Waals surface area contributed by atoms with Crippen LogP contribution in [0.2, 0.25) is 0 Å². The average molecular weight is 452 g/mol. The normalized spacial score (nSPS) is 16.3. The van der Waals surface area contributed by atoms with Crippen LogP contribution < -0.4 is 5.32 Å². The molecule has 0 aliphatic heterocycles. The molecule has 150 valence electrons. The first-order valence-corrected chi connectivity index (χ1v) is 12.4. The molecule has 3 aromatic heterocycles. The van der Waals surface area contributed by atoms with Crippen molar-refractivity contribution in [1.82, 2.24) is 9.97 Å². The number of halogens is 1. The summed E-state index contributed by atoms with van der Waals surface area (Å²) in [5, 5.41) is 6.53. The summed E-state index contributed by atoms with van der Waals surface area (Å²) >= 11 is 5.06. The molecule has 5 aromatic rings. The summed E-state index contributed by atoms with van der Waals surface area (Å²) in [5.74, 6) is 0.478. The molecule has 0 saturated carbocycles. The molecule has 3 nitrogen and oxygen atoms in total. The average Bonchev–Trinajstić information content (AvgIpc) is 3.41. The van der Waals surface area contributed by atoms with Gasteiger partial charge in [0.25, 0.3) is 0 Å². The first-order chi connectivity index (χ1) is 14.6. The van der Waals surface area contributed by atoms with Crippen LogP contribution in [0.1, 0.15) is 23.8 Å². The highest BCUT2D eigenvalue weighted by molar-refractivity contribution is 7.24. The zero-order valence-corrected chi connectivity index (χ0v) is 18.7. The molecule has 0 amide bonds. The lowest BCUT2D eigenvalue weighted by molar-refractivity contribution is 0.508. The van der Waals surface area contributed by atoms with Crippen LogP contribution >= 0.6 is 34.0 Å². The Morgan fingerprint density at radius 2 is 1.87 bits per heavy atom. The molecule has 6 rings (SSSR count). The lowest BCUT2D eigenvalue weighted by Gasteiger charge is -2.18. The number of para-hydroxylation sites is 1. The minimum atomic E-state index is -0.228. The quantitative estimate of drug-likeness (QED) is 0.306. The number of anilines is 2. The largest absolute Gasteiger partial charge is 0.323 e. The monoisotopic (exact) mass is 451 g/mol. The Morgan fingerprint density at radius 3 is 2.77 bits per heavy atom. The molecule has 1 aliphatic carbocycles. The van der Waals surface area contributed by atoms with Crippen molar-refractivity contribution in [3.05, 3.63) is 58.7 Å². The van der Waals surface area contributed by atoms with Crippen LogP contribution in [-0.4, -0.2) is 9.97 Å². The molecular formula is C23H18FN3S3. The number of thiazole rings is 2. The fourth-order valence-corrected chi connectivity index (χ4v) is 7.57. The summed E-state index contributed by atoms with van der Waals surface area (Å²) < 4.78 is 15.7. The molecule has 1 aliphatic rings. The van der Waals surface area contributed by atoms with Gasteiger partial charge in [0.05, 0.1) is 20.4 Å². The van der Waals surface area contributed by atoms with E-state index >= 15 is 0 Å².